The molecule has 3 rings (SSSR count). The molecule has 0 unspecified atom stereocenters. The van der Waals surface area contributed by atoms with Gasteiger partial charge in [-0.05, 0) is 25.1 Å². The zero-order valence-electron chi connectivity index (χ0n) is 15.6. The summed E-state index contributed by atoms with van der Waals surface area (Å²) < 4.78 is 22.1. The highest BCUT2D eigenvalue weighted by Crippen LogP contribution is 2.29. The van der Waals surface area contributed by atoms with Gasteiger partial charge >= 0.3 is 0 Å². The summed E-state index contributed by atoms with van der Waals surface area (Å²) in [6.45, 7) is 7.69. The molecule has 0 bridgehead atoms. The number of nitrogens with zero attached hydrogens (tertiary/aromatic N) is 2. The van der Waals surface area contributed by atoms with Gasteiger partial charge < -0.3 is 28.7 Å². The summed E-state index contributed by atoms with van der Waals surface area (Å²) in [5.41, 5.74) is 0.905. The molecule has 0 aliphatic carbocycles. The Morgan fingerprint density at radius 1 is 1.00 bits per heavy atom. The molecule has 0 N–H and O–H groups in total. The minimum Gasteiger partial charge on any atom is -0.490 e. The minimum absolute atomic E-state index is 0.0205. The molecule has 2 saturated heterocycles. The van der Waals surface area contributed by atoms with Gasteiger partial charge in [0.15, 0.2) is 18.1 Å². The molecule has 0 radical (unpaired) electrons. The molecule has 2 heterocycles. The molecule has 7 nitrogen and oxygen atoms in total. The second-order valence-corrected chi connectivity index (χ2v) is 6.67. The number of morpholine rings is 2. The average Bonchev–Trinajstić information content (AvgIpc) is 2.73. The third kappa shape index (κ3) is 5.31. The number of ether oxygens (including phenoxy) is 4. The molecule has 1 aromatic carbocycles. The minimum atomic E-state index is -0.0475. The molecule has 0 atom stereocenters. The summed E-state index contributed by atoms with van der Waals surface area (Å²) in [6, 6.07) is 5.62. The van der Waals surface area contributed by atoms with Crippen LogP contribution in [0.25, 0.3) is 0 Å². The van der Waals surface area contributed by atoms with E-state index in [1.54, 1.807) is 4.90 Å². The largest absolute Gasteiger partial charge is 0.490 e. The van der Waals surface area contributed by atoms with Gasteiger partial charge in [0.1, 0.15) is 4.99 Å². The van der Waals surface area contributed by atoms with Crippen LogP contribution in [0, 0.1) is 0 Å². The molecule has 1 aromatic rings. The van der Waals surface area contributed by atoms with Crippen LogP contribution in [0.3, 0.4) is 0 Å². The molecule has 27 heavy (non-hydrogen) atoms. The third-order valence-electron chi connectivity index (χ3n) is 4.50. The Morgan fingerprint density at radius 2 is 1.63 bits per heavy atom. The summed E-state index contributed by atoms with van der Waals surface area (Å²) in [5.74, 6) is 1.10. The Balaban J connectivity index is 1.65. The van der Waals surface area contributed by atoms with Crippen molar-refractivity contribution in [2.75, 3.05) is 65.8 Å². The van der Waals surface area contributed by atoms with Crippen molar-refractivity contribution in [3.05, 3.63) is 23.8 Å². The number of carbonyl (C=O) groups excluding carboxylic acids is 1. The van der Waals surface area contributed by atoms with Gasteiger partial charge in [0.2, 0.25) is 0 Å². The van der Waals surface area contributed by atoms with E-state index in [2.05, 4.69) is 4.90 Å². The first-order chi connectivity index (χ1) is 13.2. The first-order valence-electron chi connectivity index (χ1n) is 9.31. The molecule has 0 aromatic heterocycles. The highest BCUT2D eigenvalue weighted by atomic mass is 32.1. The molecule has 2 fully saturated rings. The van der Waals surface area contributed by atoms with E-state index in [9.17, 15) is 4.79 Å². The zero-order chi connectivity index (χ0) is 19.1. The van der Waals surface area contributed by atoms with Crippen molar-refractivity contribution < 1.29 is 23.7 Å². The van der Waals surface area contributed by atoms with Crippen molar-refractivity contribution in [3.8, 4) is 11.5 Å². The van der Waals surface area contributed by atoms with Gasteiger partial charge in [-0.25, -0.2) is 0 Å². The SMILES string of the molecule is CCOc1cc(C(=S)N2CCOCC2)ccc1OCC(=O)N1CCOCC1. The standard InChI is InChI=1S/C19H26N2O5S/c1-2-25-17-13-15(19(27)21-7-11-24-12-8-21)3-4-16(17)26-14-18(22)20-5-9-23-10-6-20/h3-4,13H,2,5-12,14H2,1H3. The first-order valence-corrected chi connectivity index (χ1v) is 9.72. The van der Waals surface area contributed by atoms with Gasteiger partial charge in [-0.2, -0.15) is 0 Å². The highest BCUT2D eigenvalue weighted by Gasteiger charge is 2.20. The van der Waals surface area contributed by atoms with E-state index in [-0.39, 0.29) is 12.5 Å². The van der Waals surface area contributed by atoms with Gasteiger partial charge in [-0.15, -0.1) is 0 Å². The van der Waals surface area contributed by atoms with E-state index in [0.29, 0.717) is 57.6 Å². The van der Waals surface area contributed by atoms with Crippen LogP contribution in [0.15, 0.2) is 18.2 Å². The fourth-order valence-corrected chi connectivity index (χ4v) is 3.33. The van der Waals surface area contributed by atoms with Gasteiger partial charge in [-0.3, -0.25) is 4.79 Å². The third-order valence-corrected chi connectivity index (χ3v) is 5.00. The van der Waals surface area contributed by atoms with Crippen LogP contribution in [-0.4, -0.2) is 86.5 Å². The second-order valence-electron chi connectivity index (χ2n) is 6.28. The highest BCUT2D eigenvalue weighted by molar-refractivity contribution is 7.80. The van der Waals surface area contributed by atoms with Gasteiger partial charge in [-0.1, -0.05) is 12.2 Å². The summed E-state index contributed by atoms with van der Waals surface area (Å²) in [6.07, 6.45) is 0. The molecule has 2 aliphatic heterocycles. The van der Waals surface area contributed by atoms with E-state index in [1.165, 1.54) is 0 Å². The first kappa shape index (κ1) is 19.9. The van der Waals surface area contributed by atoms with Crippen LogP contribution in [-0.2, 0) is 14.3 Å². The predicted octanol–water partition coefficient (Wildman–Crippen LogP) is 1.33. The lowest BCUT2D eigenvalue weighted by Crippen LogP contribution is -2.43. The Kier molecular flexibility index (Phi) is 7.25. The van der Waals surface area contributed by atoms with Crippen LogP contribution in [0.1, 0.15) is 12.5 Å². The van der Waals surface area contributed by atoms with E-state index in [0.717, 1.165) is 23.6 Å². The number of rotatable bonds is 6. The van der Waals surface area contributed by atoms with Crippen LogP contribution in [0.4, 0.5) is 0 Å². The number of hydrogen-bond acceptors (Lipinski definition) is 6. The van der Waals surface area contributed by atoms with Crippen molar-refractivity contribution in [3.63, 3.8) is 0 Å². The smallest absolute Gasteiger partial charge is 0.260 e. The van der Waals surface area contributed by atoms with Crippen LogP contribution in [0.5, 0.6) is 11.5 Å². The summed E-state index contributed by atoms with van der Waals surface area (Å²) in [5, 5.41) is 0. The van der Waals surface area contributed by atoms with E-state index in [4.69, 9.17) is 31.2 Å². The van der Waals surface area contributed by atoms with E-state index in [1.807, 2.05) is 25.1 Å². The van der Waals surface area contributed by atoms with Crippen LogP contribution in [0.2, 0.25) is 0 Å². The average molecular weight is 394 g/mol. The molecule has 0 saturated carbocycles. The number of amides is 1. The second kappa shape index (κ2) is 9.87. The Hall–Kier alpha value is -1.90. The van der Waals surface area contributed by atoms with Gasteiger partial charge in [0, 0.05) is 31.7 Å². The molecule has 148 valence electrons. The quantitative estimate of drug-likeness (QED) is 0.675. The van der Waals surface area contributed by atoms with Crippen molar-refractivity contribution >= 4 is 23.1 Å². The summed E-state index contributed by atoms with van der Waals surface area (Å²) in [4.78, 5) is 16.9. The maximum Gasteiger partial charge on any atom is 0.260 e. The maximum atomic E-state index is 12.3. The predicted molar refractivity (Wildman–Crippen MR) is 105 cm³/mol. The molecule has 2 aliphatic rings. The van der Waals surface area contributed by atoms with E-state index >= 15 is 0 Å². The number of carbonyl (C=O) groups is 1. The lowest BCUT2D eigenvalue weighted by Gasteiger charge is -2.29. The number of benzene rings is 1. The lowest BCUT2D eigenvalue weighted by atomic mass is 10.1. The number of hydrogen-bond donors (Lipinski definition) is 0. The van der Waals surface area contributed by atoms with Crippen molar-refractivity contribution in [2.45, 2.75) is 6.92 Å². The summed E-state index contributed by atoms with van der Waals surface area (Å²) in [7, 11) is 0. The topological polar surface area (TPSA) is 60.5 Å². The molecule has 0 spiro atoms. The Bertz CT molecular complexity index is 658. The van der Waals surface area contributed by atoms with Crippen molar-refractivity contribution in [1.29, 1.82) is 0 Å². The molecule has 8 heteroatoms. The fourth-order valence-electron chi connectivity index (χ4n) is 3.02. The lowest BCUT2D eigenvalue weighted by molar-refractivity contribution is -0.137. The Labute approximate surface area is 165 Å². The Morgan fingerprint density at radius 3 is 2.26 bits per heavy atom. The maximum absolute atomic E-state index is 12.3. The monoisotopic (exact) mass is 394 g/mol. The molecular formula is C19H26N2O5S. The van der Waals surface area contributed by atoms with E-state index < -0.39 is 0 Å². The number of thiocarbonyl (C=S) groups is 1. The van der Waals surface area contributed by atoms with Crippen molar-refractivity contribution in [2.24, 2.45) is 0 Å². The van der Waals surface area contributed by atoms with Crippen molar-refractivity contribution in [1.82, 2.24) is 9.80 Å². The fraction of sp³-hybridized carbons (Fsp3) is 0.579. The van der Waals surface area contributed by atoms with Crippen LogP contribution >= 0.6 is 12.2 Å². The van der Waals surface area contributed by atoms with Gasteiger partial charge in [0.05, 0.1) is 33.0 Å². The normalized spacial score (nSPS) is 17.5. The van der Waals surface area contributed by atoms with Gasteiger partial charge in [0.25, 0.3) is 5.91 Å². The zero-order valence-corrected chi connectivity index (χ0v) is 16.5. The molecule has 1 amide bonds. The summed E-state index contributed by atoms with van der Waals surface area (Å²) >= 11 is 5.62. The molecular weight excluding hydrogens is 368 g/mol. The van der Waals surface area contributed by atoms with Crippen LogP contribution < -0.4 is 9.47 Å².